The Balaban J connectivity index is 1.35. The number of aromatic nitrogens is 1. The second-order valence-corrected chi connectivity index (χ2v) is 8.62. The van der Waals surface area contributed by atoms with Crippen molar-refractivity contribution in [2.24, 2.45) is 0 Å². The van der Waals surface area contributed by atoms with E-state index in [1.54, 1.807) is 18.9 Å². The lowest BCUT2D eigenvalue weighted by Gasteiger charge is -2.02. The Morgan fingerprint density at radius 2 is 2.07 bits per heavy atom. The molecule has 0 aliphatic rings. The van der Waals surface area contributed by atoms with Crippen molar-refractivity contribution in [3.05, 3.63) is 58.9 Å². The van der Waals surface area contributed by atoms with Crippen LogP contribution in [0.2, 0.25) is 5.02 Å². The standard InChI is InChI=1S/C21H17ClN2O3S2/c1-26-15-4-7-18-13(10-15)11-19(27-18)17-12-29-21(23-17)24-20(25)8-9-28-16-5-2-14(22)3-6-16/h2-7,10-12H,8-9H2,1H3,(H,23,24,25). The summed E-state index contributed by atoms with van der Waals surface area (Å²) < 4.78 is 11.1. The van der Waals surface area contributed by atoms with Crippen molar-refractivity contribution >= 4 is 56.7 Å². The zero-order valence-electron chi connectivity index (χ0n) is 15.5. The van der Waals surface area contributed by atoms with Crippen LogP contribution in [0.15, 0.2) is 63.2 Å². The molecule has 0 aliphatic carbocycles. The molecule has 0 fully saturated rings. The number of thioether (sulfide) groups is 1. The van der Waals surface area contributed by atoms with Gasteiger partial charge >= 0.3 is 0 Å². The number of anilines is 1. The van der Waals surface area contributed by atoms with Crippen LogP contribution < -0.4 is 10.1 Å². The van der Waals surface area contributed by atoms with Gasteiger partial charge in [0.25, 0.3) is 0 Å². The first kappa shape index (κ1) is 19.8. The van der Waals surface area contributed by atoms with Gasteiger partial charge in [0, 0.05) is 32.9 Å². The van der Waals surface area contributed by atoms with E-state index in [-0.39, 0.29) is 5.91 Å². The lowest BCUT2D eigenvalue weighted by molar-refractivity contribution is -0.115. The zero-order chi connectivity index (χ0) is 20.2. The Kier molecular flexibility index (Phi) is 6.08. The van der Waals surface area contributed by atoms with Gasteiger partial charge in [-0.1, -0.05) is 11.6 Å². The van der Waals surface area contributed by atoms with E-state index in [9.17, 15) is 4.79 Å². The minimum atomic E-state index is -0.0679. The number of fused-ring (bicyclic) bond motifs is 1. The van der Waals surface area contributed by atoms with Crippen LogP contribution in [-0.4, -0.2) is 23.8 Å². The van der Waals surface area contributed by atoms with Gasteiger partial charge in [0.2, 0.25) is 5.91 Å². The molecule has 0 bridgehead atoms. The van der Waals surface area contributed by atoms with Crippen LogP contribution in [-0.2, 0) is 4.79 Å². The van der Waals surface area contributed by atoms with Crippen molar-refractivity contribution in [3.63, 3.8) is 0 Å². The van der Waals surface area contributed by atoms with Crippen molar-refractivity contribution in [1.82, 2.24) is 4.98 Å². The molecule has 29 heavy (non-hydrogen) atoms. The summed E-state index contributed by atoms with van der Waals surface area (Å²) in [5.41, 5.74) is 1.45. The van der Waals surface area contributed by atoms with Crippen LogP contribution in [0.3, 0.4) is 0 Å². The number of amides is 1. The van der Waals surface area contributed by atoms with Gasteiger partial charge in [-0.3, -0.25) is 4.79 Å². The van der Waals surface area contributed by atoms with Crippen molar-refractivity contribution < 1.29 is 13.9 Å². The van der Waals surface area contributed by atoms with E-state index in [0.29, 0.717) is 33.8 Å². The van der Waals surface area contributed by atoms with Gasteiger partial charge in [-0.25, -0.2) is 4.98 Å². The zero-order valence-corrected chi connectivity index (χ0v) is 17.9. The molecular weight excluding hydrogens is 428 g/mol. The van der Waals surface area contributed by atoms with E-state index in [4.69, 9.17) is 20.8 Å². The Morgan fingerprint density at radius 1 is 1.24 bits per heavy atom. The van der Waals surface area contributed by atoms with Crippen LogP contribution >= 0.6 is 34.7 Å². The maximum Gasteiger partial charge on any atom is 0.226 e. The molecule has 5 nitrogen and oxygen atoms in total. The molecule has 0 aliphatic heterocycles. The summed E-state index contributed by atoms with van der Waals surface area (Å²) in [4.78, 5) is 17.8. The number of carbonyl (C=O) groups excluding carboxylic acids is 1. The molecule has 0 atom stereocenters. The predicted molar refractivity (Wildman–Crippen MR) is 119 cm³/mol. The number of thiazole rings is 1. The number of nitrogens with zero attached hydrogens (tertiary/aromatic N) is 1. The fourth-order valence-corrected chi connectivity index (χ4v) is 4.39. The van der Waals surface area contributed by atoms with Gasteiger partial charge in [-0.2, -0.15) is 0 Å². The molecule has 148 valence electrons. The quantitative estimate of drug-likeness (QED) is 0.337. The fourth-order valence-electron chi connectivity index (χ4n) is 2.69. The normalized spacial score (nSPS) is 11.0. The average molecular weight is 445 g/mol. The highest BCUT2D eigenvalue weighted by atomic mass is 35.5. The summed E-state index contributed by atoms with van der Waals surface area (Å²) in [6.45, 7) is 0. The third kappa shape index (κ3) is 4.93. The van der Waals surface area contributed by atoms with Crippen LogP contribution in [0.1, 0.15) is 6.42 Å². The van der Waals surface area contributed by atoms with Crippen molar-refractivity contribution in [3.8, 4) is 17.2 Å². The van der Waals surface area contributed by atoms with Gasteiger partial charge in [-0.15, -0.1) is 23.1 Å². The molecule has 2 heterocycles. The number of carbonyl (C=O) groups is 1. The van der Waals surface area contributed by atoms with Crippen LogP contribution in [0, 0.1) is 0 Å². The fraction of sp³-hybridized carbons (Fsp3) is 0.143. The Hall–Kier alpha value is -2.48. The third-order valence-corrected chi connectivity index (χ3v) is 6.16. The van der Waals surface area contributed by atoms with Gasteiger partial charge in [-0.05, 0) is 48.5 Å². The molecule has 8 heteroatoms. The third-order valence-electron chi connectivity index (χ3n) is 4.14. The summed E-state index contributed by atoms with van der Waals surface area (Å²) in [6, 6.07) is 15.1. The van der Waals surface area contributed by atoms with Gasteiger partial charge in [0.15, 0.2) is 10.9 Å². The maximum atomic E-state index is 12.2. The Bertz CT molecular complexity index is 1140. The van der Waals surface area contributed by atoms with Gasteiger partial charge in [0.05, 0.1) is 7.11 Å². The van der Waals surface area contributed by atoms with E-state index >= 15 is 0 Å². The molecule has 1 N–H and O–H groups in total. The molecule has 4 aromatic rings. The summed E-state index contributed by atoms with van der Waals surface area (Å²) in [7, 11) is 1.63. The molecule has 0 radical (unpaired) electrons. The van der Waals surface area contributed by atoms with E-state index < -0.39 is 0 Å². The first-order valence-electron chi connectivity index (χ1n) is 8.82. The molecule has 0 unspecified atom stereocenters. The lowest BCUT2D eigenvalue weighted by atomic mass is 10.2. The molecule has 2 aromatic heterocycles. The number of furan rings is 1. The summed E-state index contributed by atoms with van der Waals surface area (Å²) in [5, 5.41) is 6.92. The van der Waals surface area contributed by atoms with Crippen molar-refractivity contribution in [1.29, 1.82) is 0 Å². The predicted octanol–water partition coefficient (Wildman–Crippen LogP) is 6.34. The average Bonchev–Trinajstić information content (AvgIpc) is 3.35. The summed E-state index contributed by atoms with van der Waals surface area (Å²) in [5.74, 6) is 2.04. The van der Waals surface area contributed by atoms with E-state index in [1.165, 1.54) is 11.3 Å². The minimum Gasteiger partial charge on any atom is -0.497 e. The van der Waals surface area contributed by atoms with Crippen LogP contribution in [0.4, 0.5) is 5.13 Å². The number of hydrogen-bond donors (Lipinski definition) is 1. The molecular formula is C21H17ClN2O3S2. The van der Waals surface area contributed by atoms with E-state index in [2.05, 4.69) is 10.3 Å². The molecule has 1 amide bonds. The first-order chi connectivity index (χ1) is 14.1. The second-order valence-electron chi connectivity index (χ2n) is 6.15. The summed E-state index contributed by atoms with van der Waals surface area (Å²) >= 11 is 8.86. The van der Waals surface area contributed by atoms with E-state index in [0.717, 1.165) is 21.6 Å². The van der Waals surface area contributed by atoms with Crippen LogP contribution in [0.25, 0.3) is 22.4 Å². The molecule has 2 aromatic carbocycles. The topological polar surface area (TPSA) is 64.4 Å². The number of nitrogens with one attached hydrogen (secondary N) is 1. The van der Waals surface area contributed by atoms with Crippen LogP contribution in [0.5, 0.6) is 5.75 Å². The number of halogens is 1. The molecule has 0 saturated heterocycles. The van der Waals surface area contributed by atoms with Crippen molar-refractivity contribution in [2.45, 2.75) is 11.3 Å². The largest absolute Gasteiger partial charge is 0.497 e. The highest BCUT2D eigenvalue weighted by Crippen LogP contribution is 2.32. The molecule has 4 rings (SSSR count). The number of rotatable bonds is 7. The number of methoxy groups -OCH3 is 1. The number of ether oxygens (including phenoxy) is 1. The number of hydrogen-bond acceptors (Lipinski definition) is 6. The van der Waals surface area contributed by atoms with Crippen molar-refractivity contribution in [2.75, 3.05) is 18.2 Å². The van der Waals surface area contributed by atoms with Gasteiger partial charge < -0.3 is 14.5 Å². The SMILES string of the molecule is COc1ccc2oc(-c3csc(NC(=O)CCSc4ccc(Cl)cc4)n3)cc2c1. The van der Waals surface area contributed by atoms with E-state index in [1.807, 2.05) is 53.9 Å². The Labute approximate surface area is 181 Å². The lowest BCUT2D eigenvalue weighted by Crippen LogP contribution is -2.11. The smallest absolute Gasteiger partial charge is 0.226 e. The summed E-state index contributed by atoms with van der Waals surface area (Å²) in [6.07, 6.45) is 0.395. The maximum absolute atomic E-state index is 12.2. The highest BCUT2D eigenvalue weighted by molar-refractivity contribution is 7.99. The molecule has 0 saturated carbocycles. The Morgan fingerprint density at radius 3 is 2.86 bits per heavy atom. The molecule has 0 spiro atoms. The van der Waals surface area contributed by atoms with Gasteiger partial charge in [0.1, 0.15) is 17.0 Å². The number of benzene rings is 2. The first-order valence-corrected chi connectivity index (χ1v) is 11.1. The minimum absolute atomic E-state index is 0.0679. The highest BCUT2D eigenvalue weighted by Gasteiger charge is 2.12. The second kappa shape index (κ2) is 8.90. The monoisotopic (exact) mass is 444 g/mol.